The number of halogens is 3. The molecule has 3 nitrogen and oxygen atoms in total. The van der Waals surface area contributed by atoms with Crippen LogP contribution in [-0.2, 0) is 17.5 Å². The summed E-state index contributed by atoms with van der Waals surface area (Å²) in [5.41, 5.74) is -0.0547. The molecule has 1 heterocycles. The van der Waals surface area contributed by atoms with Gasteiger partial charge in [-0.2, -0.15) is 13.2 Å². The van der Waals surface area contributed by atoms with E-state index in [0.29, 0.717) is 25.2 Å². The fourth-order valence-electron chi connectivity index (χ4n) is 2.59. The van der Waals surface area contributed by atoms with Crippen molar-refractivity contribution >= 4 is 5.91 Å². The molecular weight excluding hydrogens is 293 g/mol. The number of likely N-dealkylation sites (tertiary alicyclic amines) is 1. The summed E-state index contributed by atoms with van der Waals surface area (Å²) in [5.74, 6) is -0.106. The number of piperidine rings is 1. The van der Waals surface area contributed by atoms with E-state index < -0.39 is 11.7 Å². The van der Waals surface area contributed by atoms with E-state index in [1.54, 1.807) is 11.0 Å². The van der Waals surface area contributed by atoms with Crippen molar-refractivity contribution in [1.29, 1.82) is 0 Å². The molecule has 120 valence electrons. The first-order chi connectivity index (χ1) is 10.4. The van der Waals surface area contributed by atoms with Gasteiger partial charge in [0.05, 0.1) is 5.56 Å². The number of rotatable bonds is 4. The Morgan fingerprint density at radius 1 is 1.45 bits per heavy atom. The minimum absolute atomic E-state index is 0.0900. The van der Waals surface area contributed by atoms with Crippen molar-refractivity contribution in [2.24, 2.45) is 0 Å². The summed E-state index contributed by atoms with van der Waals surface area (Å²) in [6.45, 7) is 5.08. The summed E-state index contributed by atoms with van der Waals surface area (Å²) in [5, 5.41) is 3.23. The minimum Gasteiger partial charge on any atom is -0.338 e. The molecular formula is C16H19F3N2O. The van der Waals surface area contributed by atoms with Crippen molar-refractivity contribution in [2.45, 2.75) is 31.6 Å². The average Bonchev–Trinajstić information content (AvgIpc) is 2.52. The molecule has 1 atom stereocenters. The minimum atomic E-state index is -4.33. The van der Waals surface area contributed by atoms with Crippen molar-refractivity contribution in [3.63, 3.8) is 0 Å². The Bertz CT molecular complexity index is 542. The van der Waals surface area contributed by atoms with Crippen LogP contribution >= 0.6 is 0 Å². The topological polar surface area (TPSA) is 32.3 Å². The molecule has 2 rings (SSSR count). The molecule has 0 unspecified atom stereocenters. The zero-order valence-electron chi connectivity index (χ0n) is 12.2. The van der Waals surface area contributed by atoms with E-state index in [4.69, 9.17) is 0 Å². The smallest absolute Gasteiger partial charge is 0.338 e. The van der Waals surface area contributed by atoms with Crippen LogP contribution in [0, 0.1) is 0 Å². The largest absolute Gasteiger partial charge is 0.416 e. The van der Waals surface area contributed by atoms with Gasteiger partial charge < -0.3 is 10.2 Å². The Labute approximate surface area is 127 Å². The molecule has 1 aromatic carbocycles. The highest BCUT2D eigenvalue weighted by Gasteiger charge is 2.30. The highest BCUT2D eigenvalue weighted by molar-refractivity contribution is 5.87. The zero-order chi connectivity index (χ0) is 16.2. The number of benzene rings is 1. The first-order valence-electron chi connectivity index (χ1n) is 7.21. The van der Waals surface area contributed by atoms with Crippen LogP contribution in [0.5, 0.6) is 0 Å². The van der Waals surface area contributed by atoms with Crippen molar-refractivity contribution < 1.29 is 18.0 Å². The molecule has 0 aromatic heterocycles. The Kier molecular flexibility index (Phi) is 5.24. The lowest BCUT2D eigenvalue weighted by Gasteiger charge is -2.32. The van der Waals surface area contributed by atoms with Gasteiger partial charge in [-0.25, -0.2) is 0 Å². The Hall–Kier alpha value is -1.82. The van der Waals surface area contributed by atoms with Gasteiger partial charge in [0.1, 0.15) is 0 Å². The maximum atomic E-state index is 12.7. The van der Waals surface area contributed by atoms with Crippen LogP contribution in [0.3, 0.4) is 0 Å². The molecule has 6 heteroatoms. The van der Waals surface area contributed by atoms with Gasteiger partial charge in [0, 0.05) is 25.7 Å². The third-order valence-electron chi connectivity index (χ3n) is 3.76. The van der Waals surface area contributed by atoms with Gasteiger partial charge in [0.25, 0.3) is 0 Å². The van der Waals surface area contributed by atoms with E-state index in [1.165, 1.54) is 12.1 Å². The molecule has 0 bridgehead atoms. The van der Waals surface area contributed by atoms with Gasteiger partial charge in [-0.3, -0.25) is 4.79 Å². The summed E-state index contributed by atoms with van der Waals surface area (Å²) >= 11 is 0. The summed E-state index contributed by atoms with van der Waals surface area (Å²) in [6.07, 6.45) is -1.26. The number of hydrogen-bond donors (Lipinski definition) is 1. The van der Waals surface area contributed by atoms with Gasteiger partial charge in [-0.1, -0.05) is 24.8 Å². The van der Waals surface area contributed by atoms with Crippen LogP contribution in [0.1, 0.15) is 24.0 Å². The summed E-state index contributed by atoms with van der Waals surface area (Å²) in [4.78, 5) is 13.3. The second kappa shape index (κ2) is 6.96. The SMILES string of the molecule is C=CC(=O)N1CCC[C@H](NCc2cccc(C(F)(F)F)c2)C1. The number of alkyl halides is 3. The number of nitrogens with zero attached hydrogens (tertiary/aromatic N) is 1. The molecule has 1 aliphatic rings. The van der Waals surface area contributed by atoms with E-state index in [1.807, 2.05) is 0 Å². The quantitative estimate of drug-likeness (QED) is 0.867. The Morgan fingerprint density at radius 2 is 2.23 bits per heavy atom. The third-order valence-corrected chi connectivity index (χ3v) is 3.76. The van der Waals surface area contributed by atoms with Crippen LogP contribution in [0.25, 0.3) is 0 Å². The average molecular weight is 312 g/mol. The predicted octanol–water partition coefficient (Wildman–Crippen LogP) is 2.97. The highest BCUT2D eigenvalue weighted by atomic mass is 19.4. The fraction of sp³-hybridized carbons (Fsp3) is 0.438. The fourth-order valence-corrected chi connectivity index (χ4v) is 2.59. The lowest BCUT2D eigenvalue weighted by molar-refractivity contribution is -0.137. The Balaban J connectivity index is 1.93. The number of carbonyl (C=O) groups excluding carboxylic acids is 1. The predicted molar refractivity (Wildman–Crippen MR) is 78.1 cm³/mol. The molecule has 1 aliphatic heterocycles. The molecule has 1 aromatic rings. The summed E-state index contributed by atoms with van der Waals surface area (Å²) in [6, 6.07) is 5.38. The Morgan fingerprint density at radius 3 is 2.91 bits per heavy atom. The number of carbonyl (C=O) groups is 1. The van der Waals surface area contributed by atoms with Gasteiger partial charge >= 0.3 is 6.18 Å². The molecule has 1 N–H and O–H groups in total. The number of nitrogens with one attached hydrogen (secondary N) is 1. The molecule has 1 amide bonds. The molecule has 0 saturated carbocycles. The van der Waals surface area contributed by atoms with E-state index in [2.05, 4.69) is 11.9 Å². The molecule has 22 heavy (non-hydrogen) atoms. The summed E-state index contributed by atoms with van der Waals surface area (Å²) < 4.78 is 38.0. The van der Waals surface area contributed by atoms with E-state index in [0.717, 1.165) is 25.0 Å². The molecule has 0 spiro atoms. The molecule has 1 fully saturated rings. The second-order valence-electron chi connectivity index (χ2n) is 5.41. The summed E-state index contributed by atoms with van der Waals surface area (Å²) in [7, 11) is 0. The molecule has 0 radical (unpaired) electrons. The zero-order valence-corrected chi connectivity index (χ0v) is 12.2. The van der Waals surface area contributed by atoms with Gasteiger partial charge in [0.15, 0.2) is 0 Å². The standard InChI is InChI=1S/C16H19F3N2O/c1-2-15(22)21-8-4-7-14(11-21)20-10-12-5-3-6-13(9-12)16(17,18)19/h2-3,5-6,9,14,20H,1,4,7-8,10-11H2/t14-/m0/s1. The van der Waals surface area contributed by atoms with Crippen molar-refractivity contribution in [3.8, 4) is 0 Å². The lowest BCUT2D eigenvalue weighted by atomic mass is 10.0. The highest BCUT2D eigenvalue weighted by Crippen LogP contribution is 2.29. The van der Waals surface area contributed by atoms with Crippen LogP contribution in [0.15, 0.2) is 36.9 Å². The first-order valence-corrected chi connectivity index (χ1v) is 7.21. The van der Waals surface area contributed by atoms with E-state index in [9.17, 15) is 18.0 Å². The van der Waals surface area contributed by atoms with Crippen LogP contribution < -0.4 is 5.32 Å². The van der Waals surface area contributed by atoms with E-state index >= 15 is 0 Å². The van der Waals surface area contributed by atoms with E-state index in [-0.39, 0.29) is 11.9 Å². The normalized spacial score (nSPS) is 19.0. The van der Waals surface area contributed by atoms with Crippen LogP contribution in [-0.4, -0.2) is 29.9 Å². The van der Waals surface area contributed by atoms with Gasteiger partial charge in [0.2, 0.25) is 5.91 Å². The molecule has 0 aliphatic carbocycles. The monoisotopic (exact) mass is 312 g/mol. The van der Waals surface area contributed by atoms with Crippen molar-refractivity contribution in [1.82, 2.24) is 10.2 Å². The number of amides is 1. The number of hydrogen-bond acceptors (Lipinski definition) is 2. The second-order valence-corrected chi connectivity index (χ2v) is 5.41. The maximum Gasteiger partial charge on any atom is 0.416 e. The van der Waals surface area contributed by atoms with Gasteiger partial charge in [-0.05, 0) is 30.5 Å². The third kappa shape index (κ3) is 4.34. The van der Waals surface area contributed by atoms with Crippen molar-refractivity contribution in [2.75, 3.05) is 13.1 Å². The van der Waals surface area contributed by atoms with Crippen LogP contribution in [0.2, 0.25) is 0 Å². The molecule has 1 saturated heterocycles. The lowest BCUT2D eigenvalue weighted by Crippen LogP contribution is -2.47. The first kappa shape index (κ1) is 16.5. The maximum absolute atomic E-state index is 12.7. The van der Waals surface area contributed by atoms with Gasteiger partial charge in [-0.15, -0.1) is 0 Å². The van der Waals surface area contributed by atoms with Crippen LogP contribution in [0.4, 0.5) is 13.2 Å². The van der Waals surface area contributed by atoms with Crippen molar-refractivity contribution in [3.05, 3.63) is 48.0 Å².